The number of carboxylic acids is 2. The number of rotatable bonds is 19. The Hall–Kier alpha value is -1.08. The predicted octanol–water partition coefficient (Wildman–Crippen LogP) is 2.02. The SMILES string of the molecule is CCCCCCCC/C=C\CCCCCCCC(=O)N[C@@H](CC(=O)[O-])C(=O)[O-].[Mg+2]. The first kappa shape index (κ1) is 30.1. The van der Waals surface area contributed by atoms with Crippen molar-refractivity contribution in [3.8, 4) is 0 Å². The summed E-state index contributed by atoms with van der Waals surface area (Å²) in [6.07, 6.45) is 19.0. The summed E-state index contributed by atoms with van der Waals surface area (Å²) in [6, 6.07) is -1.53. The van der Waals surface area contributed by atoms with Gasteiger partial charge in [0.2, 0.25) is 5.91 Å². The molecule has 0 fully saturated rings. The van der Waals surface area contributed by atoms with Crippen molar-refractivity contribution < 1.29 is 24.6 Å². The fraction of sp³-hybridized carbons (Fsp3) is 0.773. The monoisotopic (exact) mass is 419 g/mol. The maximum Gasteiger partial charge on any atom is 2.00 e. The molecule has 162 valence electrons. The standard InChI is InChI=1S/C22H39NO5.Mg/c1-2-3-4-5-6-7-8-9-10-11-12-13-14-15-16-17-20(24)23-19(22(27)28)18-21(25)26;/h9-10,19H,2-8,11-18H2,1H3,(H,23,24)(H,25,26)(H,27,28);/q;+2/p-2/b10-9-;/t19-;/m0./s1. The van der Waals surface area contributed by atoms with Crippen LogP contribution in [-0.2, 0) is 14.4 Å². The van der Waals surface area contributed by atoms with Gasteiger partial charge in [0, 0.05) is 18.8 Å². The Morgan fingerprint density at radius 3 is 1.76 bits per heavy atom. The van der Waals surface area contributed by atoms with Gasteiger partial charge in [-0.15, -0.1) is 0 Å². The average molecular weight is 420 g/mol. The van der Waals surface area contributed by atoms with Crippen molar-refractivity contribution in [2.24, 2.45) is 0 Å². The summed E-state index contributed by atoms with van der Waals surface area (Å²) in [5.41, 5.74) is 0. The second-order valence-electron chi connectivity index (χ2n) is 7.35. The molecule has 0 aromatic carbocycles. The zero-order valence-corrected chi connectivity index (χ0v) is 19.5. The minimum Gasteiger partial charge on any atom is -0.550 e. The Bertz CT molecular complexity index is 468. The molecule has 0 aliphatic heterocycles. The maximum absolute atomic E-state index is 11.6. The predicted molar refractivity (Wildman–Crippen MR) is 112 cm³/mol. The summed E-state index contributed by atoms with van der Waals surface area (Å²) in [5.74, 6) is -3.61. The zero-order valence-electron chi connectivity index (χ0n) is 18.1. The van der Waals surface area contributed by atoms with Gasteiger partial charge in [-0.2, -0.15) is 0 Å². The molecule has 0 unspecified atom stereocenters. The van der Waals surface area contributed by atoms with Crippen LogP contribution < -0.4 is 15.5 Å². The summed E-state index contributed by atoms with van der Waals surface area (Å²) in [7, 11) is 0. The van der Waals surface area contributed by atoms with Crippen LogP contribution >= 0.6 is 0 Å². The van der Waals surface area contributed by atoms with E-state index in [1.54, 1.807) is 0 Å². The van der Waals surface area contributed by atoms with Crippen LogP contribution in [0, 0.1) is 0 Å². The van der Waals surface area contributed by atoms with E-state index in [-0.39, 0.29) is 29.5 Å². The maximum atomic E-state index is 11.6. The van der Waals surface area contributed by atoms with Gasteiger partial charge in [0.15, 0.2) is 0 Å². The number of hydrogen-bond acceptors (Lipinski definition) is 5. The van der Waals surface area contributed by atoms with E-state index in [1.165, 1.54) is 44.9 Å². The number of aliphatic carboxylic acids is 2. The summed E-state index contributed by atoms with van der Waals surface area (Å²) < 4.78 is 0. The van der Waals surface area contributed by atoms with E-state index in [2.05, 4.69) is 24.4 Å². The normalized spacial score (nSPS) is 11.8. The molecule has 0 aromatic heterocycles. The first-order valence-corrected chi connectivity index (χ1v) is 10.8. The molecule has 29 heavy (non-hydrogen) atoms. The molecule has 0 saturated carbocycles. The molecule has 6 nitrogen and oxygen atoms in total. The van der Waals surface area contributed by atoms with Crippen LogP contribution in [0.15, 0.2) is 12.2 Å². The molecule has 0 heterocycles. The number of carbonyl (C=O) groups is 3. The average Bonchev–Trinajstić information content (AvgIpc) is 2.64. The Morgan fingerprint density at radius 2 is 1.28 bits per heavy atom. The minimum absolute atomic E-state index is 0. The fourth-order valence-corrected chi connectivity index (χ4v) is 2.98. The van der Waals surface area contributed by atoms with E-state index in [9.17, 15) is 24.6 Å². The van der Waals surface area contributed by atoms with E-state index >= 15 is 0 Å². The molecule has 0 saturated heterocycles. The van der Waals surface area contributed by atoms with Gasteiger partial charge >= 0.3 is 23.1 Å². The number of amides is 1. The van der Waals surface area contributed by atoms with E-state index in [0.717, 1.165) is 32.1 Å². The van der Waals surface area contributed by atoms with Crippen LogP contribution in [-0.4, -0.2) is 46.9 Å². The molecule has 0 aliphatic rings. The molecular weight excluding hydrogens is 383 g/mol. The van der Waals surface area contributed by atoms with Crippen LogP contribution in [0.4, 0.5) is 0 Å². The Kier molecular flexibility index (Phi) is 22.5. The molecular formula is C22H37MgNO5. The molecule has 0 radical (unpaired) electrons. The number of unbranched alkanes of at least 4 members (excludes halogenated alkanes) is 11. The summed E-state index contributed by atoms with van der Waals surface area (Å²) in [5, 5.41) is 23.4. The van der Waals surface area contributed by atoms with Crippen LogP contribution in [0.3, 0.4) is 0 Å². The third-order valence-electron chi connectivity index (χ3n) is 4.66. The molecule has 0 aliphatic carbocycles. The number of nitrogens with one attached hydrogen (secondary N) is 1. The fourth-order valence-electron chi connectivity index (χ4n) is 2.98. The van der Waals surface area contributed by atoms with Crippen LogP contribution in [0.25, 0.3) is 0 Å². The molecule has 1 N–H and O–H groups in total. The van der Waals surface area contributed by atoms with Crippen LogP contribution in [0.1, 0.15) is 103 Å². The largest absolute Gasteiger partial charge is 2.00 e. The van der Waals surface area contributed by atoms with Crippen molar-refractivity contribution in [3.63, 3.8) is 0 Å². The van der Waals surface area contributed by atoms with Gasteiger partial charge in [0.05, 0.1) is 12.0 Å². The second kappa shape index (κ2) is 21.6. The molecule has 1 amide bonds. The van der Waals surface area contributed by atoms with Crippen molar-refractivity contribution in [1.82, 2.24) is 5.32 Å². The zero-order chi connectivity index (χ0) is 21.0. The van der Waals surface area contributed by atoms with E-state index in [4.69, 9.17) is 0 Å². The van der Waals surface area contributed by atoms with Crippen molar-refractivity contribution >= 4 is 40.9 Å². The smallest absolute Gasteiger partial charge is 0.550 e. The first-order chi connectivity index (χ1) is 13.5. The Labute approximate surface area is 192 Å². The molecule has 0 bridgehead atoms. The van der Waals surface area contributed by atoms with Gasteiger partial charge < -0.3 is 25.1 Å². The molecule has 0 aromatic rings. The molecule has 1 atom stereocenters. The van der Waals surface area contributed by atoms with Gasteiger partial charge in [-0.1, -0.05) is 70.4 Å². The van der Waals surface area contributed by atoms with E-state index in [1.807, 2.05) is 0 Å². The Balaban J connectivity index is 0. The number of carboxylic acid groups (broad SMARTS) is 2. The molecule has 0 rings (SSSR count). The van der Waals surface area contributed by atoms with Gasteiger partial charge in [0.25, 0.3) is 0 Å². The van der Waals surface area contributed by atoms with Crippen molar-refractivity contribution in [1.29, 1.82) is 0 Å². The minimum atomic E-state index is -1.61. The van der Waals surface area contributed by atoms with Crippen LogP contribution in [0.5, 0.6) is 0 Å². The number of carbonyl (C=O) groups excluding carboxylic acids is 3. The molecule has 7 heteroatoms. The van der Waals surface area contributed by atoms with Gasteiger partial charge in [0.1, 0.15) is 0 Å². The summed E-state index contributed by atoms with van der Waals surface area (Å²) in [6.45, 7) is 2.23. The van der Waals surface area contributed by atoms with Crippen molar-refractivity contribution in [3.05, 3.63) is 12.2 Å². The second-order valence-corrected chi connectivity index (χ2v) is 7.35. The summed E-state index contributed by atoms with van der Waals surface area (Å²) >= 11 is 0. The van der Waals surface area contributed by atoms with Gasteiger partial charge in [-0.25, -0.2) is 0 Å². The topological polar surface area (TPSA) is 109 Å². The third kappa shape index (κ3) is 21.4. The van der Waals surface area contributed by atoms with Crippen molar-refractivity contribution in [2.45, 2.75) is 109 Å². The first-order valence-electron chi connectivity index (χ1n) is 10.8. The van der Waals surface area contributed by atoms with Gasteiger partial charge in [-0.05, 0) is 32.1 Å². The van der Waals surface area contributed by atoms with Gasteiger partial charge in [-0.3, -0.25) is 4.79 Å². The number of hydrogen-bond donors (Lipinski definition) is 1. The number of allylic oxidation sites excluding steroid dienone is 2. The van der Waals surface area contributed by atoms with Crippen LogP contribution in [0.2, 0.25) is 0 Å². The molecule has 0 spiro atoms. The quantitative estimate of drug-likeness (QED) is 0.196. The Morgan fingerprint density at radius 1 is 0.793 bits per heavy atom. The van der Waals surface area contributed by atoms with Crippen molar-refractivity contribution in [2.75, 3.05) is 0 Å². The summed E-state index contributed by atoms with van der Waals surface area (Å²) in [4.78, 5) is 32.9. The van der Waals surface area contributed by atoms with E-state index in [0.29, 0.717) is 6.42 Å². The van der Waals surface area contributed by atoms with E-state index < -0.39 is 30.3 Å². The third-order valence-corrected chi connectivity index (χ3v) is 4.66.